The fraction of sp³-hybridized carbons (Fsp3) is 1.00. The number of fused-ring (bicyclic) bond motifs is 20. The molecule has 9 rings (SSSR count). The van der Waals surface area contributed by atoms with Crippen LogP contribution in [-0.4, -0.2) is 88.5 Å². The second-order valence-electron chi connectivity index (χ2n) is 19.2. The largest absolute Gasteiger partial charge is 0.306 e. The summed E-state index contributed by atoms with van der Waals surface area (Å²) < 4.78 is 23.5. The van der Waals surface area contributed by atoms with E-state index in [1.165, 1.54) is 96.3 Å². The number of nitrogens with zero attached hydrogens (tertiary/aromatic N) is 1. The first-order valence-corrected chi connectivity index (χ1v) is 23.7. The van der Waals surface area contributed by atoms with Crippen molar-refractivity contribution in [3.63, 3.8) is 0 Å². The van der Waals surface area contributed by atoms with Crippen molar-refractivity contribution in [3.8, 4) is 0 Å². The molecular weight excluding hydrogens is 673 g/mol. The van der Waals surface area contributed by atoms with Crippen molar-refractivity contribution in [1.29, 1.82) is 0 Å². The van der Waals surface area contributed by atoms with Crippen LogP contribution in [0.25, 0.3) is 0 Å². The third kappa shape index (κ3) is 7.29. The molecule has 5 heterocycles. The summed E-state index contributed by atoms with van der Waals surface area (Å²) in [5.74, 6) is 5.65. The first-order valence-electron chi connectivity index (χ1n) is 22.0. The van der Waals surface area contributed by atoms with E-state index in [4.69, 9.17) is 5.14 Å². The Bertz CT molecular complexity index is 1340. The number of nitrogens with one attached hydrogen (secondary N) is 8. The molecule has 8 bridgehead atoms. The average Bonchev–Trinajstić information content (AvgIpc) is 3.87. The van der Waals surface area contributed by atoms with Crippen LogP contribution in [0.4, 0.5) is 0 Å². The van der Waals surface area contributed by atoms with Gasteiger partial charge in [0.05, 0.1) is 55.1 Å². The lowest BCUT2D eigenvalue weighted by Gasteiger charge is -2.45. The first-order chi connectivity index (χ1) is 25.2. The molecule has 0 amide bonds. The molecule has 0 spiro atoms. The van der Waals surface area contributed by atoms with Gasteiger partial charge >= 0.3 is 0 Å². The molecule has 12 nitrogen and oxygen atoms in total. The van der Waals surface area contributed by atoms with Crippen LogP contribution in [0.3, 0.4) is 0 Å². The highest BCUT2D eigenvalue weighted by atomic mass is 32.2. The summed E-state index contributed by atoms with van der Waals surface area (Å²) in [6, 6.07) is 0.409. The molecule has 4 aliphatic carbocycles. The van der Waals surface area contributed by atoms with Gasteiger partial charge in [-0.25, -0.2) is 13.6 Å². The summed E-state index contributed by atoms with van der Waals surface area (Å²) in [5.41, 5.74) is 0. The number of sulfonamides is 1. The minimum absolute atomic E-state index is 0.0810. The summed E-state index contributed by atoms with van der Waals surface area (Å²) in [5, 5.41) is 39.6. The van der Waals surface area contributed by atoms with Crippen LogP contribution in [0.1, 0.15) is 116 Å². The van der Waals surface area contributed by atoms with Crippen LogP contribution in [-0.2, 0) is 10.0 Å². The van der Waals surface area contributed by atoms with E-state index in [0.29, 0.717) is 96.6 Å². The molecule has 0 aromatic heterocycles. The van der Waals surface area contributed by atoms with E-state index >= 15 is 0 Å². The van der Waals surface area contributed by atoms with Gasteiger partial charge < -0.3 is 4.90 Å². The van der Waals surface area contributed by atoms with Crippen molar-refractivity contribution < 1.29 is 8.42 Å². The van der Waals surface area contributed by atoms with Crippen LogP contribution in [0.2, 0.25) is 0 Å². The Hall–Kier alpha value is -0.450. The highest BCUT2D eigenvalue weighted by Gasteiger charge is 2.56. The maximum absolute atomic E-state index is 11.8. The van der Waals surface area contributed by atoms with Gasteiger partial charge in [-0.2, -0.15) is 0 Å². The van der Waals surface area contributed by atoms with Gasteiger partial charge in [0.1, 0.15) is 0 Å². The van der Waals surface area contributed by atoms with Crippen molar-refractivity contribution in [2.45, 2.75) is 171 Å². The minimum Gasteiger partial charge on any atom is -0.306 e. The zero-order valence-electron chi connectivity index (χ0n) is 32.1. The second kappa shape index (κ2) is 15.5. The highest BCUT2D eigenvalue weighted by molar-refractivity contribution is 7.89. The van der Waals surface area contributed by atoms with Crippen molar-refractivity contribution in [2.75, 3.05) is 19.8 Å². The molecule has 13 heteroatoms. The molecule has 4 saturated carbocycles. The first kappa shape index (κ1) is 37.1. The summed E-state index contributed by atoms with van der Waals surface area (Å²) in [6.07, 6.45) is 24.7. The maximum Gasteiger partial charge on any atom is 0.209 e. The SMILES string of the molecule is CN(C)C(CCCCS(N)(=O)=O)C1CCCC2C3NC4NC(NC5NC(NC6NC(NC(N3)C21)C1CCCCC61)C1CCCCC51)C1CCCCC41. The highest BCUT2D eigenvalue weighted by Crippen LogP contribution is 2.48. The quantitative estimate of drug-likeness (QED) is 0.176. The number of unbranched alkanes of at least 4 members (excludes halogenated alkanes) is 1. The fourth-order valence-electron chi connectivity index (χ4n) is 14.1. The van der Waals surface area contributed by atoms with Crippen molar-refractivity contribution in [1.82, 2.24) is 47.4 Å². The minimum atomic E-state index is -3.43. The van der Waals surface area contributed by atoms with Gasteiger partial charge in [0.15, 0.2) is 0 Å². The summed E-state index contributed by atoms with van der Waals surface area (Å²) in [4.78, 5) is 2.45. The number of nitrogens with two attached hydrogens (primary N) is 1. The standard InChI is InChI=1S/C39H72N10O2S/c1-49(2)30(20-9-10-21-52(40,50)51)28-18-11-19-29-31(28)39-47-37-27-17-8-7-16-26(27)35(45-37)43-33-23-13-4-3-12-22(23)32(41-33)42-34-24-14-5-6-15-25(24)36(44-34)46-38(29)48-39/h22-39,41-48H,3-21H2,1-2H3,(H2,40,50,51). The van der Waals surface area contributed by atoms with E-state index in [1.807, 2.05) is 0 Å². The summed E-state index contributed by atoms with van der Waals surface area (Å²) in [7, 11) is 1.06. The molecule has 10 N–H and O–H groups in total. The van der Waals surface area contributed by atoms with Gasteiger partial charge in [0.25, 0.3) is 0 Å². The summed E-state index contributed by atoms with van der Waals surface area (Å²) in [6.45, 7) is 0. The van der Waals surface area contributed by atoms with Gasteiger partial charge in [0.2, 0.25) is 10.0 Å². The number of rotatable bonds is 7. The van der Waals surface area contributed by atoms with Crippen LogP contribution < -0.4 is 47.7 Å². The van der Waals surface area contributed by atoms with E-state index in [0.717, 1.165) is 12.8 Å². The fourth-order valence-corrected chi connectivity index (χ4v) is 14.7. The predicted molar refractivity (Wildman–Crippen MR) is 205 cm³/mol. The molecule has 0 aromatic rings. The van der Waals surface area contributed by atoms with Crippen LogP contribution in [0.5, 0.6) is 0 Å². The van der Waals surface area contributed by atoms with E-state index < -0.39 is 10.0 Å². The normalized spacial score (nSPS) is 49.6. The van der Waals surface area contributed by atoms with Crippen molar-refractivity contribution in [2.24, 2.45) is 58.4 Å². The molecule has 5 aliphatic heterocycles. The van der Waals surface area contributed by atoms with Crippen LogP contribution >= 0.6 is 0 Å². The van der Waals surface area contributed by atoms with Gasteiger partial charge in [-0.1, -0.05) is 51.4 Å². The Labute approximate surface area is 314 Å². The lowest BCUT2D eigenvalue weighted by atomic mass is 9.67. The Morgan fingerprint density at radius 3 is 1.21 bits per heavy atom. The van der Waals surface area contributed by atoms with Gasteiger partial charge in [-0.05, 0) is 132 Å². The molecular formula is C39H72N10O2S. The summed E-state index contributed by atoms with van der Waals surface area (Å²) >= 11 is 0. The van der Waals surface area contributed by atoms with Gasteiger partial charge in [0, 0.05) is 6.04 Å². The number of primary sulfonamides is 1. The lowest BCUT2D eigenvalue weighted by molar-refractivity contribution is 0.0561. The zero-order chi connectivity index (χ0) is 35.6. The van der Waals surface area contributed by atoms with Crippen LogP contribution in [0, 0.1) is 53.3 Å². The molecule has 9 aliphatic rings. The molecule has 0 radical (unpaired) electrons. The average molecular weight is 745 g/mol. The Balaban J connectivity index is 1.03. The smallest absolute Gasteiger partial charge is 0.209 e. The molecule has 296 valence electrons. The zero-order valence-corrected chi connectivity index (χ0v) is 32.9. The van der Waals surface area contributed by atoms with E-state index in [1.54, 1.807) is 0 Å². The molecule has 5 saturated heterocycles. The number of hydrogen-bond donors (Lipinski definition) is 9. The third-order valence-electron chi connectivity index (χ3n) is 16.3. The van der Waals surface area contributed by atoms with Crippen LogP contribution in [0.15, 0.2) is 0 Å². The second-order valence-corrected chi connectivity index (χ2v) is 21.0. The van der Waals surface area contributed by atoms with Crippen molar-refractivity contribution in [3.05, 3.63) is 0 Å². The van der Waals surface area contributed by atoms with E-state index in [-0.39, 0.29) is 24.3 Å². The third-order valence-corrected chi connectivity index (χ3v) is 17.1. The molecule has 0 aromatic carbocycles. The Kier molecular flexibility index (Phi) is 11.1. The van der Waals surface area contributed by atoms with Crippen molar-refractivity contribution >= 4 is 10.0 Å². The molecule has 18 atom stereocenters. The topological polar surface area (TPSA) is 160 Å². The molecule has 52 heavy (non-hydrogen) atoms. The monoisotopic (exact) mass is 745 g/mol. The van der Waals surface area contributed by atoms with E-state index in [2.05, 4.69) is 61.5 Å². The van der Waals surface area contributed by atoms with Gasteiger partial charge in [-0.3, -0.25) is 42.5 Å². The predicted octanol–water partition coefficient (Wildman–Crippen LogP) is 2.22. The van der Waals surface area contributed by atoms with Gasteiger partial charge in [-0.15, -0.1) is 0 Å². The lowest BCUT2D eigenvalue weighted by Crippen LogP contribution is -2.62. The Morgan fingerprint density at radius 1 is 0.500 bits per heavy atom. The number of hydrogen-bond acceptors (Lipinski definition) is 11. The molecule has 18 unspecified atom stereocenters. The molecule has 9 fully saturated rings. The maximum atomic E-state index is 11.8. The van der Waals surface area contributed by atoms with E-state index in [9.17, 15) is 8.42 Å². The Morgan fingerprint density at radius 2 is 0.846 bits per heavy atom.